The molecule has 6 heteroatoms. The van der Waals surface area contributed by atoms with Crippen LogP contribution >= 0.6 is 11.3 Å². The molecule has 12 heavy (non-hydrogen) atoms. The summed E-state index contributed by atoms with van der Waals surface area (Å²) in [7, 11) is 1.85. The number of hydrogen-bond donors (Lipinski definition) is 0. The molecule has 0 spiro atoms. The normalized spacial score (nSPS) is 10.5. The van der Waals surface area contributed by atoms with Crippen molar-refractivity contribution in [3.63, 3.8) is 0 Å². The molecule has 2 rings (SSSR count). The smallest absolute Gasteiger partial charge is 0.212 e. The van der Waals surface area contributed by atoms with Crippen LogP contribution in [0, 0.1) is 6.92 Å². The molecule has 0 saturated carbocycles. The molecule has 0 amide bonds. The van der Waals surface area contributed by atoms with E-state index in [0.29, 0.717) is 0 Å². The minimum Gasteiger partial charge on any atom is -0.212 e. The first-order valence-corrected chi connectivity index (χ1v) is 4.35. The van der Waals surface area contributed by atoms with Gasteiger partial charge in [0.15, 0.2) is 5.21 Å². The predicted molar refractivity (Wildman–Crippen MR) is 42.9 cm³/mol. The monoisotopic (exact) mass is 182 g/mol. The molecule has 0 aliphatic rings. The molecule has 0 fully saturated rings. The third-order valence-corrected chi connectivity index (χ3v) is 2.39. The second-order valence-corrected chi connectivity index (χ2v) is 3.25. The van der Waals surface area contributed by atoms with Crippen molar-refractivity contribution in [1.29, 1.82) is 0 Å². The molecule has 0 aromatic carbocycles. The second-order valence-electron chi connectivity index (χ2n) is 2.38. The number of tetrazole rings is 1. The van der Waals surface area contributed by atoms with Crippen LogP contribution < -0.4 is 4.68 Å². The van der Waals surface area contributed by atoms with Gasteiger partial charge in [0.1, 0.15) is 5.21 Å². The van der Waals surface area contributed by atoms with Gasteiger partial charge in [-0.05, 0) is 4.68 Å². The summed E-state index contributed by atoms with van der Waals surface area (Å²) >= 11 is 1.54. The van der Waals surface area contributed by atoms with E-state index in [1.54, 1.807) is 15.6 Å². The summed E-state index contributed by atoms with van der Waals surface area (Å²) in [4.78, 5) is 4.13. The number of thiazole rings is 1. The van der Waals surface area contributed by atoms with Crippen LogP contribution in [0.25, 0.3) is 5.13 Å². The lowest BCUT2D eigenvalue weighted by atomic mass is 10.7. The maximum atomic E-state index is 4.13. The molecular formula is C6H8N5S+. The first-order valence-electron chi connectivity index (χ1n) is 3.47. The van der Waals surface area contributed by atoms with E-state index < -0.39 is 0 Å². The molecule has 0 bridgehead atoms. The molecule has 0 atom stereocenters. The highest BCUT2D eigenvalue weighted by molar-refractivity contribution is 7.12. The van der Waals surface area contributed by atoms with Crippen LogP contribution in [0.2, 0.25) is 0 Å². The fourth-order valence-corrected chi connectivity index (χ4v) is 1.50. The van der Waals surface area contributed by atoms with Gasteiger partial charge in [-0.1, -0.05) is 11.3 Å². The lowest BCUT2D eigenvalue weighted by Gasteiger charge is -1.85. The Kier molecular flexibility index (Phi) is 1.61. The first-order chi connectivity index (χ1) is 5.79. The van der Waals surface area contributed by atoms with Crippen molar-refractivity contribution in [2.24, 2.45) is 7.05 Å². The molecule has 62 valence electrons. The Bertz CT molecular complexity index is 377. The standard InChI is InChI=1S/C6H8N5S/c1-5-10(2)8-9-11(5)6-7-3-4-12-6/h3-4H,1-2H3/q+1. The number of hydrogen-bond acceptors (Lipinski definition) is 4. The van der Waals surface area contributed by atoms with E-state index in [1.165, 1.54) is 11.3 Å². The minimum atomic E-state index is 0.848. The third kappa shape index (κ3) is 1.00. The van der Waals surface area contributed by atoms with Crippen LogP contribution in [-0.4, -0.2) is 20.1 Å². The van der Waals surface area contributed by atoms with Crippen LogP contribution in [0.4, 0.5) is 0 Å². The predicted octanol–water partition coefficient (Wildman–Crippen LogP) is -0.143. The van der Waals surface area contributed by atoms with Crippen molar-refractivity contribution in [1.82, 2.24) is 20.1 Å². The van der Waals surface area contributed by atoms with E-state index in [9.17, 15) is 0 Å². The molecule has 0 radical (unpaired) electrons. The summed E-state index contributed by atoms with van der Waals surface area (Å²) in [6, 6.07) is 0. The molecule has 0 N–H and O–H groups in total. The number of aryl methyl sites for hydroxylation is 1. The summed E-state index contributed by atoms with van der Waals surface area (Å²) in [5.41, 5.74) is 0. The molecule has 0 saturated heterocycles. The first kappa shape index (κ1) is 7.35. The van der Waals surface area contributed by atoms with Crippen LogP contribution in [-0.2, 0) is 7.05 Å². The topological polar surface area (TPSA) is 47.5 Å². The molecule has 0 aliphatic heterocycles. The number of aromatic nitrogens is 5. The number of rotatable bonds is 1. The van der Waals surface area contributed by atoms with Gasteiger partial charge in [0.2, 0.25) is 0 Å². The third-order valence-electron chi connectivity index (χ3n) is 1.64. The zero-order chi connectivity index (χ0) is 8.55. The molecule has 0 aliphatic carbocycles. The fraction of sp³-hybridized carbons (Fsp3) is 0.333. The fourth-order valence-electron chi connectivity index (χ4n) is 0.864. The van der Waals surface area contributed by atoms with Crippen LogP contribution in [0.15, 0.2) is 11.6 Å². The highest BCUT2D eigenvalue weighted by atomic mass is 32.1. The highest BCUT2D eigenvalue weighted by Gasteiger charge is 2.16. The molecule has 2 aromatic rings. The van der Waals surface area contributed by atoms with Gasteiger partial charge in [-0.25, -0.2) is 4.98 Å². The SMILES string of the molecule is Cc1n(-c2nccs2)nn[n+]1C. The largest absolute Gasteiger partial charge is 0.290 e. The lowest BCUT2D eigenvalue weighted by molar-refractivity contribution is -0.737. The zero-order valence-corrected chi connectivity index (χ0v) is 7.62. The summed E-state index contributed by atoms with van der Waals surface area (Å²) in [6.45, 7) is 1.95. The van der Waals surface area contributed by atoms with Gasteiger partial charge >= 0.3 is 0 Å². The molecule has 5 nitrogen and oxygen atoms in total. The van der Waals surface area contributed by atoms with Crippen LogP contribution in [0.3, 0.4) is 0 Å². The van der Waals surface area contributed by atoms with Crippen molar-refractivity contribution < 1.29 is 4.68 Å². The van der Waals surface area contributed by atoms with Crippen molar-refractivity contribution in [3.05, 3.63) is 17.4 Å². The van der Waals surface area contributed by atoms with E-state index in [-0.39, 0.29) is 0 Å². The van der Waals surface area contributed by atoms with Gasteiger partial charge in [-0.2, -0.15) is 0 Å². The Morgan fingerprint density at radius 3 is 2.92 bits per heavy atom. The van der Waals surface area contributed by atoms with Gasteiger partial charge in [0.25, 0.3) is 11.0 Å². The van der Waals surface area contributed by atoms with Gasteiger partial charge in [-0.3, -0.25) is 0 Å². The van der Waals surface area contributed by atoms with E-state index in [1.807, 2.05) is 19.4 Å². The quantitative estimate of drug-likeness (QED) is 0.576. The average Bonchev–Trinajstić information content (AvgIpc) is 2.64. The van der Waals surface area contributed by atoms with E-state index in [4.69, 9.17) is 0 Å². The average molecular weight is 182 g/mol. The minimum absolute atomic E-state index is 0.848. The van der Waals surface area contributed by atoms with Crippen molar-refractivity contribution >= 4 is 11.3 Å². The van der Waals surface area contributed by atoms with Crippen LogP contribution in [0.1, 0.15) is 5.82 Å². The van der Waals surface area contributed by atoms with Crippen molar-refractivity contribution in [3.8, 4) is 5.13 Å². The van der Waals surface area contributed by atoms with E-state index in [0.717, 1.165) is 11.0 Å². The highest BCUT2D eigenvalue weighted by Crippen LogP contribution is 2.08. The summed E-state index contributed by atoms with van der Waals surface area (Å²) in [5, 5.41) is 10.6. The van der Waals surface area contributed by atoms with Crippen LogP contribution in [0.5, 0.6) is 0 Å². The second kappa shape index (κ2) is 2.63. The van der Waals surface area contributed by atoms with Gasteiger partial charge in [0, 0.05) is 18.5 Å². The summed E-state index contributed by atoms with van der Waals surface area (Å²) in [5.74, 6) is 0.963. The van der Waals surface area contributed by atoms with E-state index >= 15 is 0 Å². The Hall–Kier alpha value is -1.30. The Morgan fingerprint density at radius 1 is 1.58 bits per heavy atom. The van der Waals surface area contributed by atoms with Gasteiger partial charge in [-0.15, -0.1) is 4.68 Å². The molecule has 2 heterocycles. The van der Waals surface area contributed by atoms with Gasteiger partial charge in [0.05, 0.1) is 7.05 Å². The van der Waals surface area contributed by atoms with Crippen molar-refractivity contribution in [2.45, 2.75) is 6.92 Å². The summed E-state index contributed by atoms with van der Waals surface area (Å²) < 4.78 is 3.42. The maximum Gasteiger partial charge on any atom is 0.290 e. The molecular weight excluding hydrogens is 174 g/mol. The number of nitrogens with zero attached hydrogens (tertiary/aromatic N) is 5. The van der Waals surface area contributed by atoms with E-state index in [2.05, 4.69) is 15.4 Å². The van der Waals surface area contributed by atoms with Gasteiger partial charge < -0.3 is 0 Å². The van der Waals surface area contributed by atoms with Crippen molar-refractivity contribution in [2.75, 3.05) is 0 Å². The maximum absolute atomic E-state index is 4.13. The Balaban J connectivity index is 2.55. The Morgan fingerprint density at radius 2 is 2.42 bits per heavy atom. The Labute approximate surface area is 73.3 Å². The zero-order valence-electron chi connectivity index (χ0n) is 6.80. The summed E-state index contributed by atoms with van der Waals surface area (Å²) in [6.07, 6.45) is 1.75. The lowest BCUT2D eigenvalue weighted by Crippen LogP contribution is -2.33. The molecule has 2 aromatic heterocycles. The molecule has 0 unspecified atom stereocenters.